The van der Waals surface area contributed by atoms with E-state index in [9.17, 15) is 17.6 Å². The minimum Gasteiger partial charge on any atom is -0.496 e. The Morgan fingerprint density at radius 2 is 1.97 bits per heavy atom. The number of anilines is 3. The van der Waals surface area contributed by atoms with Crippen LogP contribution in [-0.2, 0) is 14.8 Å². The molecule has 0 spiro atoms. The van der Waals surface area contributed by atoms with E-state index in [4.69, 9.17) is 10.5 Å². The third-order valence-electron chi connectivity index (χ3n) is 4.77. The molecule has 0 atom stereocenters. The molecular formula is C22H25FN6O5S. The summed E-state index contributed by atoms with van der Waals surface area (Å²) in [6, 6.07) is 10.7. The normalized spacial score (nSPS) is 11.1. The standard InChI is InChI=1S/C22H25FN6O5S/c1-33-19-12-15(23)8-9-18(19)20-25-14-26-22(28-20)27-16-6-5-7-17(13-16)29(35(2,31)32)10-3-4-11-34-21(24)30/h5-9,12-14H,3-4,10-11H2,1-2H3,(H2,24,30)(H,25,26,27,28). The van der Waals surface area contributed by atoms with Gasteiger partial charge in [0.2, 0.25) is 16.0 Å². The Labute approximate surface area is 202 Å². The third-order valence-corrected chi connectivity index (χ3v) is 5.96. The number of sulfonamides is 1. The smallest absolute Gasteiger partial charge is 0.404 e. The monoisotopic (exact) mass is 504 g/mol. The average Bonchev–Trinajstić information content (AvgIpc) is 2.80. The van der Waals surface area contributed by atoms with Crippen molar-refractivity contribution in [3.05, 3.63) is 54.6 Å². The number of aromatic nitrogens is 3. The van der Waals surface area contributed by atoms with Gasteiger partial charge in [0.1, 0.15) is 17.9 Å². The Balaban J connectivity index is 1.78. The van der Waals surface area contributed by atoms with Crippen molar-refractivity contribution in [2.24, 2.45) is 5.73 Å². The molecule has 1 heterocycles. The van der Waals surface area contributed by atoms with Gasteiger partial charge in [-0.3, -0.25) is 4.31 Å². The Morgan fingerprint density at radius 3 is 2.69 bits per heavy atom. The highest BCUT2D eigenvalue weighted by Crippen LogP contribution is 2.29. The van der Waals surface area contributed by atoms with Crippen LogP contribution in [-0.4, -0.2) is 56.0 Å². The first-order valence-electron chi connectivity index (χ1n) is 10.5. The molecule has 0 radical (unpaired) electrons. The number of methoxy groups -OCH3 is 1. The molecule has 0 saturated heterocycles. The first-order chi connectivity index (χ1) is 16.7. The number of carbonyl (C=O) groups excluding carboxylic acids is 1. The van der Waals surface area contributed by atoms with Gasteiger partial charge in [-0.25, -0.2) is 27.6 Å². The SMILES string of the molecule is COc1cc(F)ccc1-c1ncnc(Nc2cccc(N(CCCCOC(N)=O)S(C)(=O)=O)c2)n1. The van der Waals surface area contributed by atoms with Crippen LogP contribution in [0.4, 0.5) is 26.5 Å². The maximum Gasteiger partial charge on any atom is 0.404 e. The third kappa shape index (κ3) is 7.24. The van der Waals surface area contributed by atoms with Crippen molar-refractivity contribution in [1.29, 1.82) is 0 Å². The topological polar surface area (TPSA) is 150 Å². The van der Waals surface area contributed by atoms with Crippen LogP contribution in [0.3, 0.4) is 0 Å². The zero-order valence-electron chi connectivity index (χ0n) is 19.1. The van der Waals surface area contributed by atoms with E-state index >= 15 is 0 Å². The lowest BCUT2D eigenvalue weighted by Crippen LogP contribution is -2.31. The van der Waals surface area contributed by atoms with Crippen molar-refractivity contribution >= 4 is 33.4 Å². The maximum atomic E-state index is 13.5. The number of nitrogens with one attached hydrogen (secondary N) is 1. The molecule has 1 aromatic heterocycles. The summed E-state index contributed by atoms with van der Waals surface area (Å²) in [6.45, 7) is 0.291. The molecular weight excluding hydrogens is 479 g/mol. The van der Waals surface area contributed by atoms with Gasteiger partial charge in [0.25, 0.3) is 0 Å². The summed E-state index contributed by atoms with van der Waals surface area (Å²) in [4.78, 5) is 23.3. The molecule has 0 aliphatic rings. The van der Waals surface area contributed by atoms with E-state index in [1.54, 1.807) is 24.3 Å². The minimum absolute atomic E-state index is 0.106. The zero-order valence-corrected chi connectivity index (χ0v) is 20.0. The first-order valence-corrected chi connectivity index (χ1v) is 12.3. The van der Waals surface area contributed by atoms with Gasteiger partial charge in [-0.1, -0.05) is 6.07 Å². The Kier molecular flexibility index (Phi) is 8.36. The van der Waals surface area contributed by atoms with Crippen LogP contribution >= 0.6 is 0 Å². The zero-order chi connectivity index (χ0) is 25.4. The fraction of sp³-hybridized carbons (Fsp3) is 0.273. The summed E-state index contributed by atoms with van der Waals surface area (Å²) >= 11 is 0. The first kappa shape index (κ1) is 25.6. The van der Waals surface area contributed by atoms with Gasteiger partial charge in [-0.2, -0.15) is 4.98 Å². The number of rotatable bonds is 11. The largest absolute Gasteiger partial charge is 0.496 e. The summed E-state index contributed by atoms with van der Waals surface area (Å²) < 4.78 is 49.5. The number of ether oxygens (including phenoxy) is 2. The fourth-order valence-electron chi connectivity index (χ4n) is 3.22. The number of unbranched alkanes of at least 4 members (excludes halogenated alkanes) is 1. The van der Waals surface area contributed by atoms with E-state index in [-0.39, 0.29) is 30.7 Å². The van der Waals surface area contributed by atoms with E-state index < -0.39 is 21.9 Å². The van der Waals surface area contributed by atoms with Gasteiger partial charge in [0, 0.05) is 18.3 Å². The molecule has 0 fully saturated rings. The molecule has 0 aliphatic carbocycles. The fourth-order valence-corrected chi connectivity index (χ4v) is 4.18. The Morgan fingerprint density at radius 1 is 1.17 bits per heavy atom. The lowest BCUT2D eigenvalue weighted by molar-refractivity contribution is 0.155. The highest BCUT2D eigenvalue weighted by molar-refractivity contribution is 7.92. The van der Waals surface area contributed by atoms with Crippen molar-refractivity contribution in [3.63, 3.8) is 0 Å². The number of amides is 1. The van der Waals surface area contributed by atoms with E-state index in [2.05, 4.69) is 25.0 Å². The number of hydrogen-bond donors (Lipinski definition) is 2. The number of carbonyl (C=O) groups is 1. The molecule has 0 aliphatic heterocycles. The average molecular weight is 505 g/mol. The van der Waals surface area contributed by atoms with Crippen molar-refractivity contribution in [1.82, 2.24) is 15.0 Å². The van der Waals surface area contributed by atoms with Gasteiger partial charge in [0.05, 0.1) is 31.2 Å². The predicted molar refractivity (Wildman–Crippen MR) is 128 cm³/mol. The number of benzene rings is 2. The molecule has 186 valence electrons. The quantitative estimate of drug-likeness (QED) is 0.376. The molecule has 0 bridgehead atoms. The van der Waals surface area contributed by atoms with Gasteiger partial charge in [-0.05, 0) is 43.2 Å². The second kappa shape index (κ2) is 11.4. The number of nitrogens with two attached hydrogens (primary N) is 1. The summed E-state index contributed by atoms with van der Waals surface area (Å²) in [5, 5.41) is 3.03. The number of nitrogens with zero attached hydrogens (tertiary/aromatic N) is 4. The second-order valence-electron chi connectivity index (χ2n) is 7.36. The lowest BCUT2D eigenvalue weighted by atomic mass is 10.2. The van der Waals surface area contributed by atoms with E-state index in [1.165, 1.54) is 35.9 Å². The summed E-state index contributed by atoms with van der Waals surface area (Å²) in [5.74, 6) is 0.291. The molecule has 3 aromatic rings. The van der Waals surface area contributed by atoms with Crippen molar-refractivity contribution in [2.75, 3.05) is 36.1 Å². The molecule has 2 aromatic carbocycles. The number of halogens is 1. The van der Waals surface area contributed by atoms with Gasteiger partial charge in [0.15, 0.2) is 5.82 Å². The highest BCUT2D eigenvalue weighted by atomic mass is 32.2. The maximum absolute atomic E-state index is 13.5. The minimum atomic E-state index is -3.58. The summed E-state index contributed by atoms with van der Waals surface area (Å²) in [6.07, 6.45) is 2.44. The van der Waals surface area contributed by atoms with Gasteiger partial charge >= 0.3 is 6.09 Å². The molecule has 3 N–H and O–H groups in total. The number of hydrogen-bond acceptors (Lipinski definition) is 9. The van der Waals surface area contributed by atoms with Crippen LogP contribution in [0, 0.1) is 5.82 Å². The van der Waals surface area contributed by atoms with E-state index in [1.807, 2.05) is 0 Å². The second-order valence-corrected chi connectivity index (χ2v) is 9.27. The van der Waals surface area contributed by atoms with Crippen LogP contribution in [0.2, 0.25) is 0 Å². The van der Waals surface area contributed by atoms with Gasteiger partial charge in [-0.15, -0.1) is 0 Å². The lowest BCUT2D eigenvalue weighted by Gasteiger charge is -2.23. The van der Waals surface area contributed by atoms with Crippen LogP contribution in [0.25, 0.3) is 11.4 Å². The highest BCUT2D eigenvalue weighted by Gasteiger charge is 2.18. The van der Waals surface area contributed by atoms with Gasteiger partial charge < -0.3 is 20.5 Å². The van der Waals surface area contributed by atoms with Crippen LogP contribution in [0.1, 0.15) is 12.8 Å². The summed E-state index contributed by atoms with van der Waals surface area (Å²) in [7, 11) is -2.16. The van der Waals surface area contributed by atoms with Crippen LogP contribution in [0.15, 0.2) is 48.8 Å². The molecule has 3 rings (SSSR count). The van der Waals surface area contributed by atoms with Crippen LogP contribution < -0.4 is 20.1 Å². The van der Waals surface area contributed by atoms with Crippen molar-refractivity contribution in [2.45, 2.75) is 12.8 Å². The number of primary amides is 1. The predicted octanol–water partition coefficient (Wildman–Crippen LogP) is 3.07. The molecule has 13 heteroatoms. The molecule has 0 unspecified atom stereocenters. The molecule has 0 saturated carbocycles. The van der Waals surface area contributed by atoms with Crippen LogP contribution in [0.5, 0.6) is 5.75 Å². The van der Waals surface area contributed by atoms with E-state index in [0.29, 0.717) is 29.8 Å². The van der Waals surface area contributed by atoms with Crippen molar-refractivity contribution in [3.8, 4) is 17.1 Å². The molecule has 35 heavy (non-hydrogen) atoms. The summed E-state index contributed by atoms with van der Waals surface area (Å²) in [5.41, 5.74) is 6.38. The van der Waals surface area contributed by atoms with E-state index in [0.717, 1.165) is 6.26 Å². The Hall–Kier alpha value is -4.00. The van der Waals surface area contributed by atoms with Crippen molar-refractivity contribution < 1.29 is 27.1 Å². The molecule has 1 amide bonds. The molecule has 11 nitrogen and oxygen atoms in total. The Bertz CT molecular complexity index is 1290.